The minimum absolute atomic E-state index is 0.0950. The van der Waals surface area contributed by atoms with E-state index in [1.54, 1.807) is 12.1 Å². The first-order chi connectivity index (χ1) is 10.2. The van der Waals surface area contributed by atoms with Gasteiger partial charge in [-0.2, -0.15) is 5.26 Å². The molecule has 1 aliphatic heterocycles. The molecule has 2 heterocycles. The van der Waals surface area contributed by atoms with Crippen molar-refractivity contribution in [3.63, 3.8) is 0 Å². The molecule has 1 atom stereocenters. The fourth-order valence-corrected chi connectivity index (χ4v) is 3.00. The first kappa shape index (κ1) is 12.0. The maximum absolute atomic E-state index is 12.4. The minimum atomic E-state index is -0.444. The number of fused-ring (bicyclic) bond motifs is 3. The van der Waals surface area contributed by atoms with E-state index >= 15 is 0 Å². The predicted octanol–water partition coefficient (Wildman–Crippen LogP) is 2.37. The van der Waals surface area contributed by atoms with Crippen LogP contribution in [0.2, 0.25) is 0 Å². The standard InChI is InChI=1S/C16H12N2O3/c17-7-10-12(8-5-6-8)13-14(21-15(10)18)9-3-1-2-4-11(9)20-16(13)19/h1-4,8,12H,5-6,18H2. The van der Waals surface area contributed by atoms with Gasteiger partial charge in [-0.1, -0.05) is 12.1 Å². The summed E-state index contributed by atoms with van der Waals surface area (Å²) in [6, 6.07) is 9.27. The maximum atomic E-state index is 12.4. The molecule has 0 saturated heterocycles. The molecule has 0 radical (unpaired) electrons. The molecular weight excluding hydrogens is 268 g/mol. The Labute approximate surface area is 120 Å². The van der Waals surface area contributed by atoms with Gasteiger partial charge in [-0.15, -0.1) is 0 Å². The lowest BCUT2D eigenvalue weighted by Gasteiger charge is -2.25. The van der Waals surface area contributed by atoms with E-state index in [1.165, 1.54) is 0 Å². The molecule has 21 heavy (non-hydrogen) atoms. The first-order valence-electron chi connectivity index (χ1n) is 6.84. The molecule has 0 bridgehead atoms. The molecule has 2 aliphatic rings. The Morgan fingerprint density at radius 3 is 2.76 bits per heavy atom. The van der Waals surface area contributed by atoms with E-state index in [9.17, 15) is 10.1 Å². The van der Waals surface area contributed by atoms with Crippen molar-refractivity contribution in [1.29, 1.82) is 5.26 Å². The highest BCUT2D eigenvalue weighted by Crippen LogP contribution is 2.51. The van der Waals surface area contributed by atoms with Gasteiger partial charge in [-0.25, -0.2) is 4.79 Å². The van der Waals surface area contributed by atoms with Gasteiger partial charge in [-0.05, 0) is 30.9 Å². The van der Waals surface area contributed by atoms with E-state index in [2.05, 4.69) is 6.07 Å². The van der Waals surface area contributed by atoms with Crippen molar-refractivity contribution in [2.24, 2.45) is 11.7 Å². The number of nitrogens with two attached hydrogens (primary N) is 1. The molecule has 0 amide bonds. The Kier molecular flexibility index (Phi) is 2.36. The number of hydrogen-bond acceptors (Lipinski definition) is 5. The number of para-hydroxylation sites is 1. The Hall–Kier alpha value is -2.74. The highest BCUT2D eigenvalue weighted by Gasteiger charge is 2.43. The fourth-order valence-electron chi connectivity index (χ4n) is 3.00. The molecule has 5 nitrogen and oxygen atoms in total. The van der Waals surface area contributed by atoms with Crippen LogP contribution in [0, 0.1) is 17.2 Å². The molecule has 2 aromatic rings. The third kappa shape index (κ3) is 1.66. The predicted molar refractivity (Wildman–Crippen MR) is 75.4 cm³/mol. The number of nitriles is 1. The zero-order valence-corrected chi connectivity index (χ0v) is 11.1. The summed E-state index contributed by atoms with van der Waals surface area (Å²) in [6.07, 6.45) is 1.96. The van der Waals surface area contributed by atoms with Crippen molar-refractivity contribution in [2.75, 3.05) is 0 Å². The number of ether oxygens (including phenoxy) is 1. The highest BCUT2D eigenvalue weighted by atomic mass is 16.5. The topological polar surface area (TPSA) is 89.3 Å². The molecule has 1 aliphatic carbocycles. The lowest BCUT2D eigenvalue weighted by atomic mass is 9.86. The second kappa shape index (κ2) is 4.13. The van der Waals surface area contributed by atoms with Gasteiger partial charge in [0.2, 0.25) is 5.88 Å². The van der Waals surface area contributed by atoms with Gasteiger partial charge in [0, 0.05) is 5.92 Å². The average molecular weight is 280 g/mol. The van der Waals surface area contributed by atoms with E-state index in [0.29, 0.717) is 27.9 Å². The van der Waals surface area contributed by atoms with Crippen LogP contribution in [-0.2, 0) is 0 Å². The summed E-state index contributed by atoms with van der Waals surface area (Å²) < 4.78 is 11.0. The Bertz CT molecular complexity index is 885. The quantitative estimate of drug-likeness (QED) is 0.810. The highest BCUT2D eigenvalue weighted by molar-refractivity contribution is 5.85. The molecular formula is C16H12N2O3. The van der Waals surface area contributed by atoms with Gasteiger partial charge >= 0.3 is 5.63 Å². The normalized spacial score (nSPS) is 20.8. The van der Waals surface area contributed by atoms with Crippen molar-refractivity contribution in [3.8, 4) is 11.8 Å². The van der Waals surface area contributed by atoms with Crippen LogP contribution in [0.3, 0.4) is 0 Å². The molecule has 1 aromatic heterocycles. The number of rotatable bonds is 1. The van der Waals surface area contributed by atoms with Crippen LogP contribution in [-0.4, -0.2) is 0 Å². The van der Waals surface area contributed by atoms with Gasteiger partial charge < -0.3 is 14.9 Å². The summed E-state index contributed by atoms with van der Waals surface area (Å²) in [5, 5.41) is 10.0. The van der Waals surface area contributed by atoms with Crippen LogP contribution in [0.15, 0.2) is 44.9 Å². The van der Waals surface area contributed by atoms with Gasteiger partial charge in [-0.3, -0.25) is 0 Å². The lowest BCUT2D eigenvalue weighted by Crippen LogP contribution is -2.26. The van der Waals surface area contributed by atoms with Gasteiger partial charge in [0.1, 0.15) is 11.7 Å². The number of hydrogen-bond donors (Lipinski definition) is 1. The third-order valence-electron chi connectivity index (χ3n) is 4.11. The van der Waals surface area contributed by atoms with Crippen LogP contribution < -0.4 is 16.1 Å². The summed E-state index contributed by atoms with van der Waals surface area (Å²) in [5.41, 5.74) is 6.69. The van der Waals surface area contributed by atoms with E-state index < -0.39 is 5.63 Å². The van der Waals surface area contributed by atoms with Crippen LogP contribution in [0.1, 0.15) is 24.3 Å². The van der Waals surface area contributed by atoms with E-state index in [1.807, 2.05) is 12.1 Å². The third-order valence-corrected chi connectivity index (χ3v) is 4.11. The van der Waals surface area contributed by atoms with Crippen molar-refractivity contribution >= 4 is 11.0 Å². The van der Waals surface area contributed by atoms with Crippen molar-refractivity contribution in [1.82, 2.24) is 0 Å². The van der Waals surface area contributed by atoms with Crippen molar-refractivity contribution in [3.05, 3.63) is 51.7 Å². The molecule has 1 fully saturated rings. The number of benzene rings is 1. The first-order valence-corrected chi connectivity index (χ1v) is 6.84. The van der Waals surface area contributed by atoms with Crippen LogP contribution in [0.5, 0.6) is 5.75 Å². The fraction of sp³-hybridized carbons (Fsp3) is 0.250. The molecule has 4 rings (SSSR count). The zero-order valence-electron chi connectivity index (χ0n) is 11.1. The summed E-state index contributed by atoms with van der Waals surface area (Å²) in [6.45, 7) is 0. The Morgan fingerprint density at radius 1 is 1.29 bits per heavy atom. The molecule has 1 saturated carbocycles. The maximum Gasteiger partial charge on any atom is 0.343 e. The van der Waals surface area contributed by atoms with Crippen LogP contribution >= 0.6 is 0 Å². The second-order valence-corrected chi connectivity index (χ2v) is 5.44. The second-order valence-electron chi connectivity index (χ2n) is 5.44. The molecule has 104 valence electrons. The van der Waals surface area contributed by atoms with E-state index in [0.717, 1.165) is 12.8 Å². The number of allylic oxidation sites excluding steroid dienone is 1. The SMILES string of the molecule is N#CC1=C(N)Oc2c(c(=O)oc3ccccc23)C1C1CC1. The van der Waals surface area contributed by atoms with Crippen molar-refractivity contribution < 1.29 is 9.15 Å². The molecule has 1 unspecified atom stereocenters. The van der Waals surface area contributed by atoms with Crippen molar-refractivity contribution in [2.45, 2.75) is 18.8 Å². The van der Waals surface area contributed by atoms with E-state index in [4.69, 9.17) is 14.9 Å². The van der Waals surface area contributed by atoms with Gasteiger partial charge in [0.05, 0.1) is 16.5 Å². The Balaban J connectivity index is 2.07. The summed E-state index contributed by atoms with van der Waals surface area (Å²) >= 11 is 0. The monoisotopic (exact) mass is 280 g/mol. The smallest absolute Gasteiger partial charge is 0.343 e. The zero-order chi connectivity index (χ0) is 14.6. The summed E-state index contributed by atoms with van der Waals surface area (Å²) in [5.74, 6) is 0.498. The average Bonchev–Trinajstić information content (AvgIpc) is 3.30. The molecule has 5 heteroatoms. The largest absolute Gasteiger partial charge is 0.439 e. The van der Waals surface area contributed by atoms with Crippen LogP contribution in [0.25, 0.3) is 11.0 Å². The van der Waals surface area contributed by atoms with Crippen LogP contribution in [0.4, 0.5) is 0 Å². The van der Waals surface area contributed by atoms with E-state index in [-0.39, 0.29) is 17.7 Å². The minimum Gasteiger partial charge on any atom is -0.439 e. The molecule has 0 spiro atoms. The van der Waals surface area contributed by atoms with Gasteiger partial charge in [0.15, 0.2) is 5.75 Å². The lowest BCUT2D eigenvalue weighted by molar-refractivity contribution is 0.375. The number of nitrogens with zero attached hydrogens (tertiary/aromatic N) is 1. The summed E-state index contributed by atoms with van der Waals surface area (Å²) in [4.78, 5) is 12.4. The molecule has 2 N–H and O–H groups in total. The Morgan fingerprint density at radius 2 is 2.05 bits per heavy atom. The molecule has 1 aromatic carbocycles. The van der Waals surface area contributed by atoms with Gasteiger partial charge in [0.25, 0.3) is 0 Å². The summed E-state index contributed by atoms with van der Waals surface area (Å²) in [7, 11) is 0.